The Morgan fingerprint density at radius 1 is 1.17 bits per heavy atom. The topological polar surface area (TPSA) is 20.3 Å². The highest BCUT2D eigenvalue weighted by Gasteiger charge is 2.55. The summed E-state index contributed by atoms with van der Waals surface area (Å²) < 4.78 is 0. The molecule has 0 bridgehead atoms. The van der Waals surface area contributed by atoms with Crippen molar-refractivity contribution in [2.24, 2.45) is 11.3 Å². The van der Waals surface area contributed by atoms with Crippen LogP contribution in [-0.4, -0.2) is 17.4 Å². The van der Waals surface area contributed by atoms with Crippen LogP contribution in [0, 0.1) is 11.3 Å². The summed E-state index contributed by atoms with van der Waals surface area (Å²) in [5.74, 6) is 0.606. The fraction of sp³-hybridized carbons (Fsp3) is 0.381. The van der Waals surface area contributed by atoms with Crippen molar-refractivity contribution < 1.29 is 4.79 Å². The van der Waals surface area contributed by atoms with Crippen LogP contribution in [0.4, 0.5) is 0 Å². The molecule has 1 fully saturated rings. The largest absolute Gasteiger partial charge is 0.337 e. The summed E-state index contributed by atoms with van der Waals surface area (Å²) in [7, 11) is 0. The first-order valence-corrected chi connectivity index (χ1v) is 8.98. The molecule has 0 radical (unpaired) electrons. The number of halogens is 1. The molecule has 0 unspecified atom stereocenters. The van der Waals surface area contributed by atoms with Crippen LogP contribution in [-0.2, 0) is 17.8 Å². The standard InChI is InChI=1S/C21H22ClNO/c1-14-11-17-16(9-6-10-18(17)22)19-20(24)23(13-21(14,19)2)12-15-7-4-3-5-8-15/h3-10,14,19H,11-13H2,1-2H3/t14-,19-,21+/m0/s1. The van der Waals surface area contributed by atoms with E-state index < -0.39 is 0 Å². The van der Waals surface area contributed by atoms with Crippen molar-refractivity contribution >= 4 is 17.5 Å². The van der Waals surface area contributed by atoms with Gasteiger partial charge in [0.15, 0.2) is 0 Å². The number of carbonyl (C=O) groups excluding carboxylic acids is 1. The van der Waals surface area contributed by atoms with Gasteiger partial charge in [0, 0.05) is 23.5 Å². The average molecular weight is 340 g/mol. The van der Waals surface area contributed by atoms with E-state index >= 15 is 0 Å². The average Bonchev–Trinajstić information content (AvgIpc) is 2.82. The van der Waals surface area contributed by atoms with E-state index in [2.05, 4.69) is 32.0 Å². The minimum atomic E-state index is -0.0707. The normalized spacial score (nSPS) is 28.6. The zero-order valence-corrected chi connectivity index (χ0v) is 14.9. The number of hydrogen-bond donors (Lipinski definition) is 0. The lowest BCUT2D eigenvalue weighted by molar-refractivity contribution is -0.129. The maximum absolute atomic E-state index is 13.3. The van der Waals surface area contributed by atoms with Gasteiger partial charge in [-0.15, -0.1) is 0 Å². The van der Waals surface area contributed by atoms with Crippen LogP contribution in [0.5, 0.6) is 0 Å². The third-order valence-corrected chi connectivity index (χ3v) is 6.42. The molecule has 1 aliphatic carbocycles. The number of likely N-dealkylation sites (tertiary alicyclic amines) is 1. The summed E-state index contributed by atoms with van der Waals surface area (Å²) in [6.45, 7) is 6.04. The van der Waals surface area contributed by atoms with Crippen LogP contribution in [0.3, 0.4) is 0 Å². The van der Waals surface area contributed by atoms with Crippen molar-refractivity contribution in [2.45, 2.75) is 32.7 Å². The van der Waals surface area contributed by atoms with E-state index in [1.807, 2.05) is 35.2 Å². The van der Waals surface area contributed by atoms with E-state index in [9.17, 15) is 4.79 Å². The number of hydrogen-bond acceptors (Lipinski definition) is 1. The lowest BCUT2D eigenvalue weighted by Crippen LogP contribution is -2.38. The molecule has 1 aliphatic heterocycles. The number of benzene rings is 2. The van der Waals surface area contributed by atoms with Crippen LogP contribution in [0.15, 0.2) is 48.5 Å². The number of carbonyl (C=O) groups is 1. The monoisotopic (exact) mass is 339 g/mol. The Bertz CT molecular complexity index is 788. The van der Waals surface area contributed by atoms with Crippen LogP contribution in [0.1, 0.15) is 36.5 Å². The van der Waals surface area contributed by atoms with Crippen molar-refractivity contribution in [3.8, 4) is 0 Å². The van der Waals surface area contributed by atoms with Crippen molar-refractivity contribution in [2.75, 3.05) is 6.54 Å². The van der Waals surface area contributed by atoms with Crippen LogP contribution in [0.2, 0.25) is 5.02 Å². The molecule has 124 valence electrons. The van der Waals surface area contributed by atoms with Crippen molar-refractivity contribution in [3.05, 3.63) is 70.2 Å². The molecular weight excluding hydrogens is 318 g/mol. The number of rotatable bonds is 2. The van der Waals surface area contributed by atoms with Gasteiger partial charge in [-0.2, -0.15) is 0 Å². The fourth-order valence-electron chi connectivity index (χ4n) is 4.51. The van der Waals surface area contributed by atoms with Crippen LogP contribution < -0.4 is 0 Å². The Kier molecular flexibility index (Phi) is 3.69. The molecular formula is C21H22ClNO. The zero-order chi connectivity index (χ0) is 16.9. The highest BCUT2D eigenvalue weighted by molar-refractivity contribution is 6.31. The van der Waals surface area contributed by atoms with Gasteiger partial charge in [0.05, 0.1) is 5.92 Å². The molecule has 0 N–H and O–H groups in total. The second-order valence-electron chi connectivity index (χ2n) is 7.53. The molecule has 2 aromatic carbocycles. The summed E-state index contributed by atoms with van der Waals surface area (Å²) in [6, 6.07) is 16.3. The molecule has 3 atom stereocenters. The summed E-state index contributed by atoms with van der Waals surface area (Å²) >= 11 is 6.43. The molecule has 2 aliphatic rings. The number of nitrogens with zero attached hydrogens (tertiary/aromatic N) is 1. The second-order valence-corrected chi connectivity index (χ2v) is 7.94. The smallest absolute Gasteiger partial charge is 0.231 e. The van der Waals surface area contributed by atoms with Gasteiger partial charge >= 0.3 is 0 Å². The first kappa shape index (κ1) is 15.7. The summed E-state index contributed by atoms with van der Waals surface area (Å²) in [5.41, 5.74) is 3.48. The molecule has 4 rings (SSSR count). The SMILES string of the molecule is C[C@H]1Cc2c(Cl)cccc2[C@H]2C(=O)N(Cc3ccccc3)C[C@@]21C. The molecule has 0 aromatic heterocycles. The molecule has 24 heavy (non-hydrogen) atoms. The van der Waals surface area contributed by atoms with E-state index in [0.29, 0.717) is 12.5 Å². The summed E-state index contributed by atoms with van der Waals surface area (Å²) in [4.78, 5) is 15.3. The Balaban J connectivity index is 1.73. The molecule has 3 heteroatoms. The highest BCUT2D eigenvalue weighted by atomic mass is 35.5. The Morgan fingerprint density at radius 2 is 1.92 bits per heavy atom. The van der Waals surface area contributed by atoms with E-state index in [1.54, 1.807) is 0 Å². The molecule has 1 amide bonds. The van der Waals surface area contributed by atoms with Crippen molar-refractivity contribution in [3.63, 3.8) is 0 Å². The maximum Gasteiger partial charge on any atom is 0.231 e. The fourth-order valence-corrected chi connectivity index (χ4v) is 4.77. The van der Waals surface area contributed by atoms with E-state index in [1.165, 1.54) is 11.1 Å². The van der Waals surface area contributed by atoms with E-state index in [-0.39, 0.29) is 17.2 Å². The molecule has 2 nitrogen and oxygen atoms in total. The maximum atomic E-state index is 13.3. The summed E-state index contributed by atoms with van der Waals surface area (Å²) in [6.07, 6.45) is 0.953. The van der Waals surface area contributed by atoms with Gasteiger partial charge in [-0.25, -0.2) is 0 Å². The molecule has 2 aromatic rings. The minimum absolute atomic E-state index is 0.0243. The van der Waals surface area contributed by atoms with E-state index in [0.717, 1.165) is 23.6 Å². The lowest BCUT2D eigenvalue weighted by Gasteiger charge is -2.41. The Morgan fingerprint density at radius 3 is 2.67 bits per heavy atom. The predicted octanol–water partition coefficient (Wildman–Crippen LogP) is 4.66. The van der Waals surface area contributed by atoms with Gasteiger partial charge in [-0.05, 0) is 35.1 Å². The quantitative estimate of drug-likeness (QED) is 0.779. The second kappa shape index (κ2) is 5.63. The third kappa shape index (κ3) is 2.28. The Hall–Kier alpha value is -1.80. The van der Waals surface area contributed by atoms with Crippen molar-refractivity contribution in [1.82, 2.24) is 4.90 Å². The first-order valence-electron chi connectivity index (χ1n) is 8.60. The first-order chi connectivity index (χ1) is 11.5. The zero-order valence-electron chi connectivity index (χ0n) is 14.1. The predicted molar refractivity (Wildman–Crippen MR) is 97.0 cm³/mol. The number of fused-ring (bicyclic) bond motifs is 3. The van der Waals surface area contributed by atoms with Gasteiger partial charge in [-0.1, -0.05) is 67.9 Å². The summed E-state index contributed by atoms with van der Waals surface area (Å²) in [5, 5.41) is 0.802. The molecule has 0 saturated carbocycles. The molecule has 1 saturated heterocycles. The molecule has 0 spiro atoms. The van der Waals surface area contributed by atoms with Gasteiger partial charge in [0.25, 0.3) is 0 Å². The lowest BCUT2D eigenvalue weighted by atomic mass is 9.61. The van der Waals surface area contributed by atoms with Gasteiger partial charge in [0.1, 0.15) is 0 Å². The van der Waals surface area contributed by atoms with Crippen molar-refractivity contribution in [1.29, 1.82) is 0 Å². The highest BCUT2D eigenvalue weighted by Crippen LogP contribution is 2.54. The van der Waals surface area contributed by atoms with Gasteiger partial charge in [0.2, 0.25) is 5.91 Å². The van der Waals surface area contributed by atoms with E-state index in [4.69, 9.17) is 11.6 Å². The minimum Gasteiger partial charge on any atom is -0.337 e. The van der Waals surface area contributed by atoms with Gasteiger partial charge in [-0.3, -0.25) is 4.79 Å². The third-order valence-electron chi connectivity index (χ3n) is 6.07. The number of amides is 1. The van der Waals surface area contributed by atoms with Gasteiger partial charge < -0.3 is 4.90 Å². The van der Waals surface area contributed by atoms with Crippen LogP contribution >= 0.6 is 11.6 Å². The van der Waals surface area contributed by atoms with Crippen LogP contribution in [0.25, 0.3) is 0 Å². The Labute approximate surface area is 148 Å². The molecule has 1 heterocycles.